The molecule has 7 heteroatoms. The van der Waals surface area contributed by atoms with E-state index in [1.807, 2.05) is 6.92 Å². The number of carbonyl (C=O) groups excluding carboxylic acids is 2. The number of nitrogens with one attached hydrogen (secondary N) is 2. The zero-order valence-electron chi connectivity index (χ0n) is 11.1. The molecule has 1 aliphatic carbocycles. The van der Waals surface area contributed by atoms with E-state index in [9.17, 15) is 14.4 Å². The van der Waals surface area contributed by atoms with Gasteiger partial charge in [-0.3, -0.25) is 14.4 Å². The third-order valence-corrected chi connectivity index (χ3v) is 3.33. The van der Waals surface area contributed by atoms with Gasteiger partial charge < -0.3 is 21.5 Å². The summed E-state index contributed by atoms with van der Waals surface area (Å²) in [4.78, 5) is 33.5. The Morgan fingerprint density at radius 1 is 1.32 bits per heavy atom. The van der Waals surface area contributed by atoms with Crippen molar-refractivity contribution in [1.82, 2.24) is 10.6 Å². The summed E-state index contributed by atoms with van der Waals surface area (Å²) in [6.45, 7) is 1.34. The van der Waals surface area contributed by atoms with E-state index in [4.69, 9.17) is 10.8 Å². The first kappa shape index (κ1) is 15.4. The molecular formula is C12H21N3O4. The van der Waals surface area contributed by atoms with Crippen molar-refractivity contribution in [3.8, 4) is 0 Å². The van der Waals surface area contributed by atoms with Crippen LogP contribution in [-0.2, 0) is 14.4 Å². The SMILES string of the molecule is CC1CCCC(N)(C(=O)NCC(=O)NCC(=O)O)C1. The van der Waals surface area contributed by atoms with E-state index in [1.54, 1.807) is 0 Å². The molecule has 1 aliphatic rings. The topological polar surface area (TPSA) is 122 Å². The average Bonchev–Trinajstić information content (AvgIpc) is 2.33. The third kappa shape index (κ3) is 4.86. The Bertz CT molecular complexity index is 372. The standard InChI is InChI=1S/C12H21N3O4/c1-8-3-2-4-12(13,5-8)11(19)15-6-9(16)14-7-10(17)18/h8H,2-7,13H2,1H3,(H,14,16)(H,15,19)(H,17,18). The van der Waals surface area contributed by atoms with Crippen LogP contribution in [0.5, 0.6) is 0 Å². The highest BCUT2D eigenvalue weighted by atomic mass is 16.4. The maximum atomic E-state index is 12.0. The van der Waals surface area contributed by atoms with Gasteiger partial charge in [0.25, 0.3) is 0 Å². The maximum absolute atomic E-state index is 12.0. The summed E-state index contributed by atoms with van der Waals surface area (Å²) >= 11 is 0. The summed E-state index contributed by atoms with van der Waals surface area (Å²) in [5.74, 6) is -1.62. The van der Waals surface area contributed by atoms with E-state index >= 15 is 0 Å². The number of hydrogen-bond donors (Lipinski definition) is 4. The van der Waals surface area contributed by atoms with E-state index in [0.29, 0.717) is 18.8 Å². The summed E-state index contributed by atoms with van der Waals surface area (Å²) in [6, 6.07) is 0. The van der Waals surface area contributed by atoms with Crippen molar-refractivity contribution >= 4 is 17.8 Å². The highest BCUT2D eigenvalue weighted by Gasteiger charge is 2.37. The predicted molar refractivity (Wildman–Crippen MR) is 68.2 cm³/mol. The fourth-order valence-corrected chi connectivity index (χ4v) is 2.37. The van der Waals surface area contributed by atoms with Gasteiger partial charge in [-0.25, -0.2) is 0 Å². The number of carboxylic acid groups (broad SMARTS) is 1. The number of carboxylic acids is 1. The largest absolute Gasteiger partial charge is 0.480 e. The van der Waals surface area contributed by atoms with Crippen LogP contribution in [0.25, 0.3) is 0 Å². The van der Waals surface area contributed by atoms with Crippen LogP contribution in [-0.4, -0.2) is 41.5 Å². The van der Waals surface area contributed by atoms with Crippen LogP contribution in [0.15, 0.2) is 0 Å². The minimum atomic E-state index is -1.13. The number of amides is 2. The Labute approximate surface area is 111 Å². The summed E-state index contributed by atoms with van der Waals surface area (Å²) in [5, 5.41) is 13.0. The molecule has 2 unspecified atom stereocenters. The second-order valence-corrected chi connectivity index (χ2v) is 5.21. The first-order valence-corrected chi connectivity index (χ1v) is 6.39. The summed E-state index contributed by atoms with van der Waals surface area (Å²) in [7, 11) is 0. The van der Waals surface area contributed by atoms with Crippen LogP contribution in [0, 0.1) is 5.92 Å². The fourth-order valence-electron chi connectivity index (χ4n) is 2.37. The summed E-state index contributed by atoms with van der Waals surface area (Å²) in [6.07, 6.45) is 3.18. The minimum Gasteiger partial charge on any atom is -0.480 e. The second-order valence-electron chi connectivity index (χ2n) is 5.21. The Morgan fingerprint density at radius 3 is 2.58 bits per heavy atom. The third-order valence-electron chi connectivity index (χ3n) is 3.33. The first-order chi connectivity index (χ1) is 8.83. The zero-order chi connectivity index (χ0) is 14.5. The fraction of sp³-hybridized carbons (Fsp3) is 0.750. The Hall–Kier alpha value is -1.63. The Morgan fingerprint density at radius 2 is 2.00 bits per heavy atom. The van der Waals surface area contributed by atoms with Crippen molar-refractivity contribution in [2.75, 3.05) is 13.1 Å². The number of aliphatic carboxylic acids is 1. The molecule has 0 saturated heterocycles. The molecule has 0 heterocycles. The van der Waals surface area contributed by atoms with Crippen LogP contribution in [0.4, 0.5) is 0 Å². The predicted octanol–water partition coefficient (Wildman–Crippen LogP) is -0.789. The van der Waals surface area contributed by atoms with Gasteiger partial charge in [0.15, 0.2) is 0 Å². The molecule has 19 heavy (non-hydrogen) atoms. The average molecular weight is 271 g/mol. The molecule has 108 valence electrons. The van der Waals surface area contributed by atoms with Crippen LogP contribution in [0.2, 0.25) is 0 Å². The van der Waals surface area contributed by atoms with Gasteiger partial charge in [-0.05, 0) is 18.8 Å². The van der Waals surface area contributed by atoms with Crippen molar-refractivity contribution in [3.63, 3.8) is 0 Å². The lowest BCUT2D eigenvalue weighted by atomic mass is 9.76. The van der Waals surface area contributed by atoms with Crippen LogP contribution >= 0.6 is 0 Å². The molecule has 0 aromatic carbocycles. The molecule has 2 atom stereocenters. The van der Waals surface area contributed by atoms with Gasteiger partial charge in [0.05, 0.1) is 12.1 Å². The first-order valence-electron chi connectivity index (χ1n) is 6.39. The smallest absolute Gasteiger partial charge is 0.322 e. The number of hydrogen-bond acceptors (Lipinski definition) is 4. The number of rotatable bonds is 5. The molecular weight excluding hydrogens is 250 g/mol. The lowest BCUT2D eigenvalue weighted by Crippen LogP contribution is -2.57. The van der Waals surface area contributed by atoms with Crippen molar-refractivity contribution in [1.29, 1.82) is 0 Å². The van der Waals surface area contributed by atoms with E-state index in [-0.39, 0.29) is 12.5 Å². The van der Waals surface area contributed by atoms with Gasteiger partial charge in [0.2, 0.25) is 11.8 Å². The second kappa shape index (κ2) is 6.51. The highest BCUT2D eigenvalue weighted by Crippen LogP contribution is 2.30. The quantitative estimate of drug-likeness (QED) is 0.522. The molecule has 7 nitrogen and oxygen atoms in total. The van der Waals surface area contributed by atoms with Crippen molar-refractivity contribution in [2.24, 2.45) is 11.7 Å². The highest BCUT2D eigenvalue weighted by molar-refractivity contribution is 5.90. The normalized spacial score (nSPS) is 26.5. The molecule has 1 saturated carbocycles. The van der Waals surface area contributed by atoms with Crippen LogP contribution in [0.3, 0.4) is 0 Å². The van der Waals surface area contributed by atoms with Crippen molar-refractivity contribution in [3.05, 3.63) is 0 Å². The summed E-state index contributed by atoms with van der Waals surface area (Å²) in [5.41, 5.74) is 5.15. The number of carbonyl (C=O) groups is 3. The molecule has 0 spiro atoms. The van der Waals surface area contributed by atoms with E-state index in [0.717, 1.165) is 12.8 Å². The molecule has 0 aliphatic heterocycles. The molecule has 2 amide bonds. The van der Waals surface area contributed by atoms with E-state index < -0.39 is 24.0 Å². The monoisotopic (exact) mass is 271 g/mol. The van der Waals surface area contributed by atoms with Crippen molar-refractivity contribution in [2.45, 2.75) is 38.1 Å². The number of nitrogens with two attached hydrogens (primary N) is 1. The van der Waals surface area contributed by atoms with Gasteiger partial charge in [-0.2, -0.15) is 0 Å². The molecule has 1 fully saturated rings. The lowest BCUT2D eigenvalue weighted by Gasteiger charge is -2.35. The van der Waals surface area contributed by atoms with Gasteiger partial charge in [0, 0.05) is 0 Å². The summed E-state index contributed by atoms with van der Waals surface area (Å²) < 4.78 is 0. The van der Waals surface area contributed by atoms with E-state index in [1.165, 1.54) is 0 Å². The van der Waals surface area contributed by atoms with Gasteiger partial charge in [-0.15, -0.1) is 0 Å². The zero-order valence-corrected chi connectivity index (χ0v) is 11.1. The lowest BCUT2D eigenvalue weighted by molar-refractivity contribution is -0.138. The van der Waals surface area contributed by atoms with Crippen LogP contribution in [0.1, 0.15) is 32.6 Å². The molecule has 1 rings (SSSR count). The van der Waals surface area contributed by atoms with Gasteiger partial charge in [-0.1, -0.05) is 19.8 Å². The molecule has 5 N–H and O–H groups in total. The Kier molecular flexibility index (Phi) is 5.29. The minimum absolute atomic E-state index is 0.251. The molecule has 0 bridgehead atoms. The molecule has 0 aromatic rings. The molecule has 0 aromatic heterocycles. The molecule has 0 radical (unpaired) electrons. The Balaban J connectivity index is 2.38. The van der Waals surface area contributed by atoms with Gasteiger partial charge >= 0.3 is 5.97 Å². The van der Waals surface area contributed by atoms with Crippen LogP contribution < -0.4 is 16.4 Å². The van der Waals surface area contributed by atoms with Crippen molar-refractivity contribution < 1.29 is 19.5 Å². The maximum Gasteiger partial charge on any atom is 0.322 e. The van der Waals surface area contributed by atoms with E-state index in [2.05, 4.69) is 10.6 Å². The van der Waals surface area contributed by atoms with Gasteiger partial charge in [0.1, 0.15) is 6.54 Å².